The van der Waals surface area contributed by atoms with Gasteiger partial charge in [-0.3, -0.25) is 14.6 Å². The summed E-state index contributed by atoms with van der Waals surface area (Å²) in [5, 5.41) is 20.2. The first kappa shape index (κ1) is 18.9. The van der Waals surface area contributed by atoms with Gasteiger partial charge in [-0.25, -0.2) is 9.18 Å². The first-order chi connectivity index (χ1) is 14.0. The predicted molar refractivity (Wildman–Crippen MR) is 102 cm³/mol. The topological polar surface area (TPSA) is 104 Å². The van der Waals surface area contributed by atoms with Crippen molar-refractivity contribution in [2.24, 2.45) is 0 Å². The summed E-state index contributed by atoms with van der Waals surface area (Å²) >= 11 is 0. The fourth-order valence-corrected chi connectivity index (χ4v) is 3.77. The molecule has 0 spiro atoms. The molecule has 1 amide bonds. The number of piperidine rings is 1. The van der Waals surface area contributed by atoms with Crippen LogP contribution in [0, 0.1) is 12.7 Å². The number of nitrogens with zero attached hydrogens (tertiary/aromatic N) is 4. The van der Waals surface area contributed by atoms with Crippen molar-refractivity contribution < 1.29 is 19.1 Å². The molecule has 3 heterocycles. The van der Waals surface area contributed by atoms with Crippen molar-refractivity contribution in [2.75, 3.05) is 13.1 Å². The van der Waals surface area contributed by atoms with E-state index in [2.05, 4.69) is 15.3 Å². The number of aromatic carboxylic acids is 1. The van der Waals surface area contributed by atoms with Gasteiger partial charge in [0, 0.05) is 18.7 Å². The van der Waals surface area contributed by atoms with Gasteiger partial charge in [-0.15, -0.1) is 0 Å². The molecule has 0 bridgehead atoms. The number of H-pyrrole nitrogens is 1. The molecule has 0 atom stereocenters. The molecule has 3 aromatic rings. The number of likely N-dealkylation sites (tertiary alicyclic amines) is 1. The molecule has 1 aromatic carbocycles. The zero-order valence-electron chi connectivity index (χ0n) is 15.8. The van der Waals surface area contributed by atoms with Crippen LogP contribution in [-0.2, 0) is 0 Å². The first-order valence-corrected chi connectivity index (χ1v) is 9.31. The van der Waals surface area contributed by atoms with E-state index in [1.54, 1.807) is 28.6 Å². The van der Waals surface area contributed by atoms with Crippen LogP contribution in [-0.4, -0.2) is 55.0 Å². The minimum absolute atomic E-state index is 0.0491. The average molecular weight is 397 g/mol. The highest BCUT2D eigenvalue weighted by Gasteiger charge is 2.28. The standard InChI is InChI=1S/C20H20FN5O3/c1-12-16(20(28)29)11-23-26(12)15-6-8-25(9-7-15)19(27)17-10-22-24-18(17)13-2-4-14(21)5-3-13/h2-5,10-11,15H,6-9H2,1H3,(H,22,24)(H,28,29). The second-order valence-corrected chi connectivity index (χ2v) is 7.08. The van der Waals surface area contributed by atoms with Gasteiger partial charge in [0.1, 0.15) is 11.4 Å². The van der Waals surface area contributed by atoms with Crippen LogP contribution in [0.1, 0.15) is 45.3 Å². The third-order valence-corrected chi connectivity index (χ3v) is 5.38. The van der Waals surface area contributed by atoms with Crippen LogP contribution in [0.15, 0.2) is 36.7 Å². The fraction of sp³-hybridized carbons (Fsp3) is 0.300. The number of nitrogens with one attached hydrogen (secondary N) is 1. The summed E-state index contributed by atoms with van der Waals surface area (Å²) in [4.78, 5) is 26.0. The van der Waals surface area contributed by atoms with Crippen molar-refractivity contribution in [3.8, 4) is 11.3 Å². The summed E-state index contributed by atoms with van der Waals surface area (Å²) in [5.74, 6) is -1.47. The van der Waals surface area contributed by atoms with E-state index in [-0.39, 0.29) is 23.3 Å². The normalized spacial score (nSPS) is 14.9. The van der Waals surface area contributed by atoms with Crippen LogP contribution in [0.3, 0.4) is 0 Å². The molecule has 0 saturated carbocycles. The lowest BCUT2D eigenvalue weighted by atomic mass is 10.0. The number of halogens is 1. The van der Waals surface area contributed by atoms with Crippen molar-refractivity contribution in [3.05, 3.63) is 59.3 Å². The second-order valence-electron chi connectivity index (χ2n) is 7.08. The van der Waals surface area contributed by atoms with Gasteiger partial charge in [-0.2, -0.15) is 10.2 Å². The van der Waals surface area contributed by atoms with Gasteiger partial charge in [0.2, 0.25) is 0 Å². The lowest BCUT2D eigenvalue weighted by Crippen LogP contribution is -2.39. The molecule has 8 nitrogen and oxygen atoms in total. The van der Waals surface area contributed by atoms with Crippen LogP contribution in [0.4, 0.5) is 4.39 Å². The molecule has 0 aliphatic carbocycles. The summed E-state index contributed by atoms with van der Waals surface area (Å²) in [6, 6.07) is 5.94. The molecular formula is C20H20FN5O3. The van der Waals surface area contributed by atoms with Crippen LogP contribution in [0.5, 0.6) is 0 Å². The van der Waals surface area contributed by atoms with Gasteiger partial charge in [-0.05, 0) is 44.0 Å². The number of carboxylic acid groups (broad SMARTS) is 1. The summed E-state index contributed by atoms with van der Waals surface area (Å²) in [6.07, 6.45) is 4.22. The van der Waals surface area contributed by atoms with Gasteiger partial charge >= 0.3 is 5.97 Å². The first-order valence-electron chi connectivity index (χ1n) is 9.31. The highest BCUT2D eigenvalue weighted by molar-refractivity contribution is 5.99. The molecule has 0 radical (unpaired) electrons. The van der Waals surface area contributed by atoms with E-state index in [1.807, 2.05) is 0 Å². The molecule has 150 valence electrons. The molecule has 9 heteroatoms. The van der Waals surface area contributed by atoms with E-state index in [0.29, 0.717) is 48.4 Å². The number of aromatic amines is 1. The molecule has 2 aromatic heterocycles. The molecule has 1 fully saturated rings. The molecule has 1 aliphatic rings. The SMILES string of the molecule is Cc1c(C(=O)O)cnn1C1CCN(C(=O)c2cn[nH]c2-c2ccc(F)cc2)CC1. The van der Waals surface area contributed by atoms with Crippen LogP contribution >= 0.6 is 0 Å². The molecule has 1 saturated heterocycles. The number of hydrogen-bond acceptors (Lipinski definition) is 4. The van der Waals surface area contributed by atoms with Crippen LogP contribution < -0.4 is 0 Å². The molecule has 0 unspecified atom stereocenters. The van der Waals surface area contributed by atoms with Crippen LogP contribution in [0.2, 0.25) is 0 Å². The highest BCUT2D eigenvalue weighted by Crippen LogP contribution is 2.28. The largest absolute Gasteiger partial charge is 0.478 e. The monoisotopic (exact) mass is 397 g/mol. The minimum Gasteiger partial charge on any atom is -0.478 e. The van der Waals surface area contributed by atoms with Crippen molar-refractivity contribution in [1.82, 2.24) is 24.9 Å². The van der Waals surface area contributed by atoms with E-state index in [9.17, 15) is 19.1 Å². The number of carboxylic acids is 1. The van der Waals surface area contributed by atoms with E-state index in [1.165, 1.54) is 24.5 Å². The lowest BCUT2D eigenvalue weighted by Gasteiger charge is -2.32. The zero-order chi connectivity index (χ0) is 20.5. The van der Waals surface area contributed by atoms with Crippen molar-refractivity contribution >= 4 is 11.9 Å². The number of hydrogen-bond donors (Lipinski definition) is 2. The fourth-order valence-electron chi connectivity index (χ4n) is 3.77. The third-order valence-electron chi connectivity index (χ3n) is 5.38. The maximum Gasteiger partial charge on any atom is 0.339 e. The third kappa shape index (κ3) is 3.51. The highest BCUT2D eigenvalue weighted by atomic mass is 19.1. The number of amides is 1. The van der Waals surface area contributed by atoms with Gasteiger partial charge in [0.25, 0.3) is 5.91 Å². The average Bonchev–Trinajstić information content (AvgIpc) is 3.35. The maximum absolute atomic E-state index is 13.2. The van der Waals surface area contributed by atoms with E-state index in [0.717, 1.165) is 0 Å². The van der Waals surface area contributed by atoms with Gasteiger partial charge in [0.15, 0.2) is 0 Å². The number of benzene rings is 1. The van der Waals surface area contributed by atoms with Gasteiger partial charge < -0.3 is 10.0 Å². The maximum atomic E-state index is 13.2. The summed E-state index contributed by atoms with van der Waals surface area (Å²) < 4.78 is 14.9. The van der Waals surface area contributed by atoms with Gasteiger partial charge in [0.05, 0.1) is 35.4 Å². The van der Waals surface area contributed by atoms with Crippen molar-refractivity contribution in [1.29, 1.82) is 0 Å². The smallest absolute Gasteiger partial charge is 0.339 e. The van der Waals surface area contributed by atoms with Crippen molar-refractivity contribution in [3.63, 3.8) is 0 Å². The molecule has 2 N–H and O–H groups in total. The number of carbonyl (C=O) groups excluding carboxylic acids is 1. The van der Waals surface area contributed by atoms with E-state index < -0.39 is 5.97 Å². The lowest BCUT2D eigenvalue weighted by molar-refractivity contribution is 0.0688. The second kappa shape index (κ2) is 7.50. The Hall–Kier alpha value is -3.49. The predicted octanol–water partition coefficient (Wildman–Crippen LogP) is 2.90. The summed E-state index contributed by atoms with van der Waals surface area (Å²) in [5.41, 5.74) is 2.52. The molecular weight excluding hydrogens is 377 g/mol. The summed E-state index contributed by atoms with van der Waals surface area (Å²) in [6.45, 7) is 2.80. The van der Waals surface area contributed by atoms with Crippen molar-refractivity contribution in [2.45, 2.75) is 25.8 Å². The van der Waals surface area contributed by atoms with Crippen LogP contribution in [0.25, 0.3) is 11.3 Å². The number of aromatic nitrogens is 4. The molecule has 4 rings (SSSR count). The quantitative estimate of drug-likeness (QED) is 0.704. The Morgan fingerprint density at radius 2 is 1.83 bits per heavy atom. The van der Waals surface area contributed by atoms with E-state index in [4.69, 9.17) is 0 Å². The zero-order valence-corrected chi connectivity index (χ0v) is 15.8. The molecule has 29 heavy (non-hydrogen) atoms. The Morgan fingerprint density at radius 3 is 2.45 bits per heavy atom. The minimum atomic E-state index is -0.991. The Labute approximate surface area is 166 Å². The number of rotatable bonds is 4. The Bertz CT molecular complexity index is 1050. The Balaban J connectivity index is 1.47. The van der Waals surface area contributed by atoms with Gasteiger partial charge in [-0.1, -0.05) is 0 Å². The Morgan fingerprint density at radius 1 is 1.14 bits per heavy atom. The Kier molecular flexibility index (Phi) is 4.87. The van der Waals surface area contributed by atoms with E-state index >= 15 is 0 Å². The molecule has 1 aliphatic heterocycles. The summed E-state index contributed by atoms with van der Waals surface area (Å²) in [7, 11) is 0. The number of carbonyl (C=O) groups is 2.